The molecule has 124 valence electrons. The van der Waals surface area contributed by atoms with Crippen molar-refractivity contribution in [3.05, 3.63) is 40.1 Å². The number of thiophene rings is 1. The van der Waals surface area contributed by atoms with Gasteiger partial charge in [-0.05, 0) is 36.1 Å². The SMILES string of the molecule is COc1ccc(NC(=O)C(C#N)C(=O)c2sccc2C)cc1OC. The van der Waals surface area contributed by atoms with Crippen molar-refractivity contribution < 1.29 is 19.1 Å². The van der Waals surface area contributed by atoms with Crippen molar-refractivity contribution in [1.82, 2.24) is 0 Å². The van der Waals surface area contributed by atoms with Gasteiger partial charge in [-0.15, -0.1) is 11.3 Å². The number of ether oxygens (including phenoxy) is 2. The van der Waals surface area contributed by atoms with E-state index in [2.05, 4.69) is 5.32 Å². The largest absolute Gasteiger partial charge is 0.493 e. The Balaban J connectivity index is 2.20. The molecule has 1 amide bonds. The Bertz CT molecular complexity index is 807. The molecular weight excluding hydrogens is 328 g/mol. The van der Waals surface area contributed by atoms with Crippen molar-refractivity contribution in [2.24, 2.45) is 5.92 Å². The number of nitrogens with zero attached hydrogens (tertiary/aromatic N) is 1. The van der Waals surface area contributed by atoms with Gasteiger partial charge in [0.2, 0.25) is 5.91 Å². The Labute approximate surface area is 143 Å². The first-order valence-electron chi connectivity index (χ1n) is 7.02. The van der Waals surface area contributed by atoms with Crippen LogP contribution in [0.1, 0.15) is 15.2 Å². The number of benzene rings is 1. The summed E-state index contributed by atoms with van der Waals surface area (Å²) >= 11 is 1.22. The molecule has 0 aliphatic rings. The van der Waals surface area contributed by atoms with E-state index in [9.17, 15) is 14.9 Å². The zero-order chi connectivity index (χ0) is 17.7. The molecule has 1 aromatic carbocycles. The lowest BCUT2D eigenvalue weighted by atomic mass is 10.0. The third kappa shape index (κ3) is 3.55. The van der Waals surface area contributed by atoms with Crippen LogP contribution >= 0.6 is 11.3 Å². The van der Waals surface area contributed by atoms with E-state index in [1.165, 1.54) is 25.6 Å². The van der Waals surface area contributed by atoms with Crippen LogP contribution in [-0.2, 0) is 4.79 Å². The Kier molecular flexibility index (Phi) is 5.55. The van der Waals surface area contributed by atoms with Gasteiger partial charge < -0.3 is 14.8 Å². The van der Waals surface area contributed by atoms with E-state index >= 15 is 0 Å². The fraction of sp³-hybridized carbons (Fsp3) is 0.235. The topological polar surface area (TPSA) is 88.4 Å². The summed E-state index contributed by atoms with van der Waals surface area (Å²) in [5, 5.41) is 13.6. The molecule has 1 aromatic heterocycles. The molecule has 1 unspecified atom stereocenters. The van der Waals surface area contributed by atoms with Crippen LogP contribution in [0.3, 0.4) is 0 Å². The number of nitrogens with one attached hydrogen (secondary N) is 1. The molecule has 7 heteroatoms. The molecule has 1 heterocycles. The Hall–Kier alpha value is -2.85. The van der Waals surface area contributed by atoms with Gasteiger partial charge in [0.05, 0.1) is 25.2 Å². The number of Topliss-reactive ketones (excluding diaryl/α,β-unsaturated/α-hetero) is 1. The number of amides is 1. The second-order valence-electron chi connectivity index (χ2n) is 4.92. The summed E-state index contributed by atoms with van der Waals surface area (Å²) in [4.78, 5) is 25.1. The van der Waals surface area contributed by atoms with Crippen molar-refractivity contribution in [2.45, 2.75) is 6.92 Å². The minimum atomic E-state index is -1.41. The second kappa shape index (κ2) is 7.62. The predicted octanol–water partition coefficient (Wildman–Crippen LogP) is 3.03. The van der Waals surface area contributed by atoms with Gasteiger partial charge in [0.25, 0.3) is 0 Å². The summed E-state index contributed by atoms with van der Waals surface area (Å²) in [5.41, 5.74) is 1.16. The summed E-state index contributed by atoms with van der Waals surface area (Å²) in [6, 6.07) is 8.35. The molecule has 24 heavy (non-hydrogen) atoms. The highest BCUT2D eigenvalue weighted by Crippen LogP contribution is 2.30. The van der Waals surface area contributed by atoms with E-state index in [-0.39, 0.29) is 0 Å². The molecule has 0 bridgehead atoms. The monoisotopic (exact) mass is 344 g/mol. The molecule has 0 fully saturated rings. The minimum absolute atomic E-state index is 0.411. The van der Waals surface area contributed by atoms with Gasteiger partial charge in [0, 0.05) is 11.8 Å². The standard InChI is InChI=1S/C17H16N2O4S/c1-10-6-7-24-16(10)15(20)12(9-18)17(21)19-11-4-5-13(22-2)14(8-11)23-3/h4-8,12H,1-3H3,(H,19,21). The van der Waals surface area contributed by atoms with E-state index in [0.717, 1.165) is 5.56 Å². The van der Waals surface area contributed by atoms with Crippen molar-refractivity contribution >= 4 is 28.7 Å². The van der Waals surface area contributed by atoms with Gasteiger partial charge in [0.1, 0.15) is 0 Å². The summed E-state index contributed by atoms with van der Waals surface area (Å²) in [6.07, 6.45) is 0. The van der Waals surface area contributed by atoms with E-state index in [4.69, 9.17) is 9.47 Å². The van der Waals surface area contributed by atoms with Crippen LogP contribution in [0.4, 0.5) is 5.69 Å². The predicted molar refractivity (Wildman–Crippen MR) is 90.7 cm³/mol. The van der Waals surface area contributed by atoms with E-state index in [1.807, 2.05) is 0 Å². The number of anilines is 1. The fourth-order valence-electron chi connectivity index (χ4n) is 2.12. The van der Waals surface area contributed by atoms with Crippen molar-refractivity contribution in [2.75, 3.05) is 19.5 Å². The van der Waals surface area contributed by atoms with Crippen LogP contribution in [0.5, 0.6) is 11.5 Å². The second-order valence-corrected chi connectivity index (χ2v) is 5.83. The number of carbonyl (C=O) groups excluding carboxylic acids is 2. The van der Waals surface area contributed by atoms with Crippen LogP contribution in [0.2, 0.25) is 0 Å². The molecule has 0 spiro atoms. The van der Waals surface area contributed by atoms with Crippen LogP contribution in [0.25, 0.3) is 0 Å². The lowest BCUT2D eigenvalue weighted by Crippen LogP contribution is -2.28. The fourth-order valence-corrected chi connectivity index (χ4v) is 3.02. The summed E-state index contributed by atoms with van der Waals surface area (Å²) in [6.45, 7) is 1.77. The average Bonchev–Trinajstić information content (AvgIpc) is 3.01. The number of rotatable bonds is 6. The highest BCUT2D eigenvalue weighted by molar-refractivity contribution is 7.12. The summed E-state index contributed by atoms with van der Waals surface area (Å²) < 4.78 is 10.3. The zero-order valence-corrected chi connectivity index (χ0v) is 14.3. The Morgan fingerprint density at radius 2 is 1.92 bits per heavy atom. The molecule has 0 aliphatic heterocycles. The van der Waals surface area contributed by atoms with E-state index in [1.54, 1.807) is 42.6 Å². The molecular formula is C17H16N2O4S. The van der Waals surface area contributed by atoms with Gasteiger partial charge in [-0.1, -0.05) is 0 Å². The van der Waals surface area contributed by atoms with E-state index < -0.39 is 17.6 Å². The van der Waals surface area contributed by atoms with Gasteiger partial charge in [-0.2, -0.15) is 5.26 Å². The van der Waals surface area contributed by atoms with Crippen molar-refractivity contribution in [3.8, 4) is 17.6 Å². The number of aryl methyl sites for hydroxylation is 1. The molecule has 2 rings (SSSR count). The maximum Gasteiger partial charge on any atom is 0.249 e. The Morgan fingerprint density at radius 3 is 2.46 bits per heavy atom. The molecule has 1 atom stereocenters. The number of methoxy groups -OCH3 is 2. The molecule has 0 saturated heterocycles. The number of nitriles is 1. The van der Waals surface area contributed by atoms with Gasteiger partial charge in [-0.3, -0.25) is 9.59 Å². The molecule has 0 radical (unpaired) electrons. The van der Waals surface area contributed by atoms with E-state index in [0.29, 0.717) is 22.1 Å². The molecule has 0 saturated carbocycles. The lowest BCUT2D eigenvalue weighted by Gasteiger charge is -2.12. The molecule has 2 aromatic rings. The normalized spacial score (nSPS) is 11.2. The number of hydrogen-bond acceptors (Lipinski definition) is 6. The van der Waals surface area contributed by atoms with Crippen molar-refractivity contribution in [1.29, 1.82) is 5.26 Å². The third-order valence-electron chi connectivity index (χ3n) is 3.39. The minimum Gasteiger partial charge on any atom is -0.493 e. The zero-order valence-electron chi connectivity index (χ0n) is 13.5. The van der Waals surface area contributed by atoms with Crippen LogP contribution in [0.15, 0.2) is 29.6 Å². The van der Waals surface area contributed by atoms with Gasteiger partial charge >= 0.3 is 0 Å². The van der Waals surface area contributed by atoms with Crippen molar-refractivity contribution in [3.63, 3.8) is 0 Å². The maximum absolute atomic E-state index is 12.4. The summed E-state index contributed by atoms with van der Waals surface area (Å²) in [7, 11) is 2.98. The Morgan fingerprint density at radius 1 is 1.21 bits per heavy atom. The lowest BCUT2D eigenvalue weighted by molar-refractivity contribution is -0.117. The van der Waals surface area contributed by atoms with Crippen LogP contribution < -0.4 is 14.8 Å². The highest BCUT2D eigenvalue weighted by Gasteiger charge is 2.29. The third-order valence-corrected chi connectivity index (χ3v) is 4.42. The van der Waals surface area contributed by atoms with Crippen LogP contribution in [0, 0.1) is 24.2 Å². The smallest absolute Gasteiger partial charge is 0.249 e. The summed E-state index contributed by atoms with van der Waals surface area (Å²) in [5.74, 6) is -1.64. The first-order chi connectivity index (χ1) is 11.5. The van der Waals surface area contributed by atoms with Gasteiger partial charge in [0.15, 0.2) is 23.2 Å². The first-order valence-corrected chi connectivity index (χ1v) is 7.90. The highest BCUT2D eigenvalue weighted by atomic mass is 32.1. The quantitative estimate of drug-likeness (QED) is 0.643. The van der Waals surface area contributed by atoms with Gasteiger partial charge in [-0.25, -0.2) is 0 Å². The molecule has 0 aliphatic carbocycles. The van der Waals surface area contributed by atoms with Crippen LogP contribution in [-0.4, -0.2) is 25.9 Å². The number of carbonyl (C=O) groups is 2. The number of hydrogen-bond donors (Lipinski definition) is 1. The molecule has 1 N–H and O–H groups in total. The number of ketones is 1. The maximum atomic E-state index is 12.4. The average molecular weight is 344 g/mol. The molecule has 6 nitrogen and oxygen atoms in total. The first kappa shape index (κ1) is 17.5.